The smallest absolute Gasteiger partial charge is 0.245 e. The van der Waals surface area contributed by atoms with Crippen molar-refractivity contribution in [3.05, 3.63) is 29.8 Å². The normalized spacial score (nSPS) is 22.7. The summed E-state index contributed by atoms with van der Waals surface area (Å²) in [4.78, 5) is 14.6. The Bertz CT molecular complexity index is 441. The van der Waals surface area contributed by atoms with Gasteiger partial charge >= 0.3 is 0 Å². The van der Waals surface area contributed by atoms with Gasteiger partial charge in [-0.05, 0) is 24.5 Å². The molecule has 0 bridgehead atoms. The van der Waals surface area contributed by atoms with Gasteiger partial charge in [-0.2, -0.15) is 0 Å². The fourth-order valence-electron chi connectivity index (χ4n) is 3.34. The van der Waals surface area contributed by atoms with Crippen LogP contribution in [-0.2, 0) is 11.2 Å². The number of nitrogens with one attached hydrogen (secondary N) is 1. The molecule has 3 nitrogen and oxygen atoms in total. The summed E-state index contributed by atoms with van der Waals surface area (Å²) in [5.74, 6) is 0.253. The number of amides is 1. The zero-order chi connectivity index (χ0) is 13.2. The molecule has 0 radical (unpaired) electrons. The van der Waals surface area contributed by atoms with Gasteiger partial charge in [-0.25, -0.2) is 0 Å². The fourth-order valence-corrected chi connectivity index (χ4v) is 3.34. The molecule has 1 atom stereocenters. The number of anilines is 1. The van der Waals surface area contributed by atoms with Crippen molar-refractivity contribution in [2.45, 2.75) is 50.6 Å². The average Bonchev–Trinajstić information content (AvgIpc) is 2.90. The number of carbonyl (C=O) groups is 1. The van der Waals surface area contributed by atoms with Crippen LogP contribution in [0.2, 0.25) is 0 Å². The molecule has 3 heteroatoms. The molecule has 1 amide bonds. The van der Waals surface area contributed by atoms with E-state index in [-0.39, 0.29) is 11.9 Å². The van der Waals surface area contributed by atoms with Gasteiger partial charge in [-0.1, -0.05) is 37.5 Å². The molecule has 2 aliphatic rings. The number of para-hydroxylation sites is 1. The van der Waals surface area contributed by atoms with Crippen LogP contribution in [0.1, 0.15) is 37.7 Å². The molecule has 0 aromatic heterocycles. The number of hydrogen-bond donors (Lipinski definition) is 1. The first kappa shape index (κ1) is 12.5. The Hall–Kier alpha value is -1.51. The number of carbonyl (C=O) groups excluding carboxylic acids is 1. The topological polar surface area (TPSA) is 32.3 Å². The van der Waals surface area contributed by atoms with Gasteiger partial charge in [0.15, 0.2) is 0 Å². The molecular formula is C16H22N2O. The lowest BCUT2D eigenvalue weighted by Gasteiger charge is -2.33. The maximum Gasteiger partial charge on any atom is 0.245 e. The van der Waals surface area contributed by atoms with Crippen LogP contribution in [0.3, 0.4) is 0 Å². The number of fused-ring (bicyclic) bond motifs is 1. The van der Waals surface area contributed by atoms with Crippen molar-refractivity contribution in [3.63, 3.8) is 0 Å². The second-order valence-corrected chi connectivity index (χ2v) is 5.80. The molecule has 1 N–H and O–H groups in total. The minimum atomic E-state index is -0.0654. The van der Waals surface area contributed by atoms with Gasteiger partial charge in [0.2, 0.25) is 5.91 Å². The second kappa shape index (κ2) is 5.24. The van der Waals surface area contributed by atoms with E-state index in [2.05, 4.69) is 17.4 Å². The molecule has 1 saturated carbocycles. The maximum absolute atomic E-state index is 12.6. The van der Waals surface area contributed by atoms with Crippen LogP contribution >= 0.6 is 0 Å². The van der Waals surface area contributed by atoms with Gasteiger partial charge in [-0.3, -0.25) is 4.79 Å². The van der Waals surface area contributed by atoms with Crippen LogP contribution in [0.25, 0.3) is 0 Å². The van der Waals surface area contributed by atoms with E-state index in [0.29, 0.717) is 6.04 Å². The number of benzene rings is 1. The average molecular weight is 258 g/mol. The lowest BCUT2D eigenvalue weighted by atomic mass is 9.94. The van der Waals surface area contributed by atoms with Crippen molar-refractivity contribution in [3.8, 4) is 0 Å². The zero-order valence-corrected chi connectivity index (χ0v) is 11.6. The largest absolute Gasteiger partial charge is 0.373 e. The molecule has 0 spiro atoms. The summed E-state index contributed by atoms with van der Waals surface area (Å²) in [6.07, 6.45) is 7.02. The van der Waals surface area contributed by atoms with Gasteiger partial charge in [0, 0.05) is 25.2 Å². The molecular weight excluding hydrogens is 236 g/mol. The Balaban J connectivity index is 1.65. The summed E-state index contributed by atoms with van der Waals surface area (Å²) in [7, 11) is 1.98. The van der Waals surface area contributed by atoms with E-state index in [1.807, 2.05) is 24.1 Å². The number of hydrogen-bond acceptors (Lipinski definition) is 2. The van der Waals surface area contributed by atoms with Crippen molar-refractivity contribution >= 4 is 11.6 Å². The van der Waals surface area contributed by atoms with E-state index >= 15 is 0 Å². The van der Waals surface area contributed by atoms with Crippen LogP contribution in [0.5, 0.6) is 0 Å². The number of nitrogens with zero attached hydrogens (tertiary/aromatic N) is 1. The van der Waals surface area contributed by atoms with E-state index in [4.69, 9.17) is 0 Å². The van der Waals surface area contributed by atoms with E-state index in [1.165, 1.54) is 37.7 Å². The standard InChI is InChI=1S/C16H22N2O/c1-18(13-8-3-2-4-9-13)16(19)15-11-12-7-5-6-10-14(12)17-15/h5-7,10,13,15,17H,2-4,8-9,11H2,1H3. The summed E-state index contributed by atoms with van der Waals surface area (Å²) < 4.78 is 0. The van der Waals surface area contributed by atoms with Crippen LogP contribution in [0, 0.1) is 0 Å². The minimum Gasteiger partial charge on any atom is -0.373 e. The quantitative estimate of drug-likeness (QED) is 0.884. The highest BCUT2D eigenvalue weighted by atomic mass is 16.2. The monoisotopic (exact) mass is 258 g/mol. The SMILES string of the molecule is CN(C(=O)C1Cc2ccccc2N1)C1CCCCC1. The Labute approximate surface area is 115 Å². The predicted octanol–water partition coefficient (Wildman–Crippen LogP) is 2.81. The van der Waals surface area contributed by atoms with E-state index in [9.17, 15) is 4.79 Å². The highest BCUT2D eigenvalue weighted by Crippen LogP contribution is 2.28. The van der Waals surface area contributed by atoms with Gasteiger partial charge < -0.3 is 10.2 Å². The molecule has 1 fully saturated rings. The Kier molecular flexibility index (Phi) is 3.45. The van der Waals surface area contributed by atoms with Gasteiger partial charge in [0.1, 0.15) is 6.04 Å². The molecule has 3 rings (SSSR count). The van der Waals surface area contributed by atoms with Gasteiger partial charge in [-0.15, -0.1) is 0 Å². The van der Waals surface area contributed by atoms with Gasteiger partial charge in [0.25, 0.3) is 0 Å². The zero-order valence-electron chi connectivity index (χ0n) is 11.6. The van der Waals surface area contributed by atoms with Crippen molar-refractivity contribution in [2.24, 2.45) is 0 Å². The summed E-state index contributed by atoms with van der Waals surface area (Å²) in [6, 6.07) is 8.61. The first-order valence-corrected chi connectivity index (χ1v) is 7.37. The Morgan fingerprint density at radius 2 is 1.95 bits per heavy atom. The van der Waals surface area contributed by atoms with E-state index < -0.39 is 0 Å². The number of rotatable bonds is 2. The van der Waals surface area contributed by atoms with Crippen molar-refractivity contribution in [2.75, 3.05) is 12.4 Å². The molecule has 1 unspecified atom stereocenters. The predicted molar refractivity (Wildman–Crippen MR) is 77.2 cm³/mol. The van der Waals surface area contributed by atoms with Crippen LogP contribution in [0.15, 0.2) is 24.3 Å². The third-order valence-corrected chi connectivity index (χ3v) is 4.54. The second-order valence-electron chi connectivity index (χ2n) is 5.80. The molecule has 1 aliphatic carbocycles. The Morgan fingerprint density at radius 1 is 1.21 bits per heavy atom. The van der Waals surface area contributed by atoms with Gasteiger partial charge in [0.05, 0.1) is 0 Å². The van der Waals surface area contributed by atoms with E-state index in [1.54, 1.807) is 0 Å². The Morgan fingerprint density at radius 3 is 2.68 bits per heavy atom. The highest BCUT2D eigenvalue weighted by molar-refractivity contribution is 5.87. The third-order valence-electron chi connectivity index (χ3n) is 4.54. The molecule has 102 valence electrons. The first-order valence-electron chi connectivity index (χ1n) is 7.37. The van der Waals surface area contributed by atoms with Crippen molar-refractivity contribution in [1.29, 1.82) is 0 Å². The number of likely N-dealkylation sites (N-methyl/N-ethyl adjacent to an activating group) is 1. The molecule has 1 aromatic carbocycles. The third kappa shape index (κ3) is 2.46. The van der Waals surface area contributed by atoms with Crippen molar-refractivity contribution < 1.29 is 4.79 Å². The summed E-state index contributed by atoms with van der Waals surface area (Å²) in [5.41, 5.74) is 2.38. The molecule has 1 aromatic rings. The summed E-state index contributed by atoms with van der Waals surface area (Å²) >= 11 is 0. The fraction of sp³-hybridized carbons (Fsp3) is 0.562. The summed E-state index contributed by atoms with van der Waals surface area (Å²) in [5, 5.41) is 3.36. The summed E-state index contributed by atoms with van der Waals surface area (Å²) in [6.45, 7) is 0. The lowest BCUT2D eigenvalue weighted by Crippen LogP contribution is -2.45. The molecule has 0 saturated heterocycles. The minimum absolute atomic E-state index is 0.0654. The van der Waals surface area contributed by atoms with Crippen LogP contribution in [0.4, 0.5) is 5.69 Å². The highest BCUT2D eigenvalue weighted by Gasteiger charge is 2.31. The van der Waals surface area contributed by atoms with E-state index in [0.717, 1.165) is 12.1 Å². The molecule has 1 aliphatic heterocycles. The van der Waals surface area contributed by atoms with Crippen LogP contribution in [-0.4, -0.2) is 29.9 Å². The molecule has 1 heterocycles. The first-order chi connectivity index (χ1) is 9.25. The molecule has 19 heavy (non-hydrogen) atoms. The lowest BCUT2D eigenvalue weighted by molar-refractivity contribution is -0.133. The van der Waals surface area contributed by atoms with Crippen molar-refractivity contribution in [1.82, 2.24) is 4.90 Å². The van der Waals surface area contributed by atoms with Crippen LogP contribution < -0.4 is 5.32 Å². The maximum atomic E-state index is 12.6.